The molecule has 0 aliphatic carbocycles. The second kappa shape index (κ2) is 9.28. The van der Waals surface area contributed by atoms with Crippen molar-refractivity contribution in [1.82, 2.24) is 5.32 Å². The van der Waals surface area contributed by atoms with Crippen molar-refractivity contribution in [3.8, 4) is 0 Å². The number of hydrogen-bond acceptors (Lipinski definition) is 3. The van der Waals surface area contributed by atoms with Crippen molar-refractivity contribution in [2.75, 3.05) is 12.3 Å². The molecule has 0 aliphatic heterocycles. The standard InChI is InChI=1S/C15H23FN2OS.ClH/c1-15(2,3)13(17)14(19)18-9-4-10-20-12-7-5-11(16)6-8-12;/h5-8,13H,4,9-10,17H2,1-3H3,(H,18,19);1H/t13-;/m1./s1. The van der Waals surface area contributed by atoms with Crippen LogP contribution in [0.2, 0.25) is 0 Å². The number of halogens is 2. The van der Waals surface area contributed by atoms with Crippen LogP contribution in [0.4, 0.5) is 4.39 Å². The minimum absolute atomic E-state index is 0. The quantitative estimate of drug-likeness (QED) is 0.620. The summed E-state index contributed by atoms with van der Waals surface area (Å²) in [7, 11) is 0. The van der Waals surface area contributed by atoms with Gasteiger partial charge in [0.25, 0.3) is 0 Å². The molecule has 0 spiro atoms. The van der Waals surface area contributed by atoms with Crippen molar-refractivity contribution >= 4 is 30.1 Å². The van der Waals surface area contributed by atoms with Crippen LogP contribution in [0.25, 0.3) is 0 Å². The Morgan fingerprint density at radius 1 is 1.33 bits per heavy atom. The summed E-state index contributed by atoms with van der Waals surface area (Å²) < 4.78 is 12.7. The van der Waals surface area contributed by atoms with Crippen molar-refractivity contribution in [2.24, 2.45) is 11.1 Å². The zero-order valence-corrected chi connectivity index (χ0v) is 14.3. The summed E-state index contributed by atoms with van der Waals surface area (Å²) in [6, 6.07) is 5.92. The second-order valence-corrected chi connectivity index (χ2v) is 6.96. The van der Waals surface area contributed by atoms with Gasteiger partial charge in [-0.3, -0.25) is 4.79 Å². The SMILES string of the molecule is CC(C)(C)[C@H](N)C(=O)NCCCSc1ccc(F)cc1.Cl. The predicted molar refractivity (Wildman–Crippen MR) is 89.4 cm³/mol. The molecule has 0 unspecified atom stereocenters. The summed E-state index contributed by atoms with van der Waals surface area (Å²) in [5.41, 5.74) is 5.63. The van der Waals surface area contributed by atoms with Gasteiger partial charge in [-0.05, 0) is 41.9 Å². The van der Waals surface area contributed by atoms with Crippen molar-refractivity contribution in [3.63, 3.8) is 0 Å². The maximum absolute atomic E-state index is 12.7. The maximum Gasteiger partial charge on any atom is 0.237 e. The highest BCUT2D eigenvalue weighted by atomic mass is 35.5. The largest absolute Gasteiger partial charge is 0.355 e. The van der Waals surface area contributed by atoms with E-state index < -0.39 is 6.04 Å². The van der Waals surface area contributed by atoms with Crippen molar-refractivity contribution in [2.45, 2.75) is 38.1 Å². The number of hydrogen-bond donors (Lipinski definition) is 2. The van der Waals surface area contributed by atoms with E-state index in [-0.39, 0.29) is 29.5 Å². The Morgan fingerprint density at radius 2 is 1.90 bits per heavy atom. The van der Waals surface area contributed by atoms with Gasteiger partial charge < -0.3 is 11.1 Å². The lowest BCUT2D eigenvalue weighted by atomic mass is 9.87. The Labute approximate surface area is 136 Å². The number of nitrogens with one attached hydrogen (secondary N) is 1. The molecule has 1 amide bonds. The van der Waals surface area contributed by atoms with Gasteiger partial charge in [0.05, 0.1) is 6.04 Å². The molecule has 1 rings (SSSR count). The van der Waals surface area contributed by atoms with E-state index in [9.17, 15) is 9.18 Å². The predicted octanol–water partition coefficient (Wildman–Crippen LogP) is 3.22. The molecular weight excluding hydrogens is 311 g/mol. The van der Waals surface area contributed by atoms with Crippen molar-refractivity contribution in [3.05, 3.63) is 30.1 Å². The fraction of sp³-hybridized carbons (Fsp3) is 0.533. The summed E-state index contributed by atoms with van der Waals surface area (Å²) in [6.45, 7) is 6.45. The number of benzene rings is 1. The third-order valence-corrected chi connectivity index (χ3v) is 4.02. The number of carbonyl (C=O) groups is 1. The lowest BCUT2D eigenvalue weighted by molar-refractivity contribution is -0.124. The molecule has 120 valence electrons. The number of rotatable bonds is 6. The third-order valence-electron chi connectivity index (χ3n) is 2.92. The molecule has 21 heavy (non-hydrogen) atoms. The molecule has 1 atom stereocenters. The number of thioether (sulfide) groups is 1. The molecule has 0 bridgehead atoms. The molecule has 0 heterocycles. The Hall–Kier alpha value is -0.780. The van der Waals surface area contributed by atoms with Crippen LogP contribution in [0.3, 0.4) is 0 Å². The fourth-order valence-corrected chi connectivity index (χ4v) is 2.36. The van der Waals surface area contributed by atoms with Gasteiger partial charge in [0.2, 0.25) is 5.91 Å². The Morgan fingerprint density at radius 3 is 2.43 bits per heavy atom. The molecule has 1 aromatic carbocycles. The molecule has 6 heteroatoms. The summed E-state index contributed by atoms with van der Waals surface area (Å²) in [5.74, 6) is 0.540. The van der Waals surface area contributed by atoms with E-state index in [1.807, 2.05) is 20.8 Å². The van der Waals surface area contributed by atoms with Gasteiger partial charge in [0.1, 0.15) is 5.82 Å². The van der Waals surface area contributed by atoms with Gasteiger partial charge in [-0.2, -0.15) is 0 Å². The topological polar surface area (TPSA) is 55.1 Å². The van der Waals surface area contributed by atoms with Gasteiger partial charge in [-0.15, -0.1) is 24.2 Å². The highest BCUT2D eigenvalue weighted by Crippen LogP contribution is 2.19. The highest BCUT2D eigenvalue weighted by Gasteiger charge is 2.26. The van der Waals surface area contributed by atoms with Crippen LogP contribution in [-0.4, -0.2) is 24.2 Å². The van der Waals surface area contributed by atoms with Crippen LogP contribution in [0.1, 0.15) is 27.2 Å². The van der Waals surface area contributed by atoms with Crippen LogP contribution in [-0.2, 0) is 4.79 Å². The van der Waals surface area contributed by atoms with E-state index in [0.717, 1.165) is 17.1 Å². The average molecular weight is 335 g/mol. The minimum Gasteiger partial charge on any atom is -0.355 e. The fourth-order valence-electron chi connectivity index (χ4n) is 1.51. The van der Waals surface area contributed by atoms with E-state index in [4.69, 9.17) is 5.73 Å². The summed E-state index contributed by atoms with van der Waals surface area (Å²) in [5, 5.41) is 2.85. The zero-order chi connectivity index (χ0) is 15.2. The first kappa shape index (κ1) is 20.2. The molecule has 0 saturated carbocycles. The molecule has 0 aromatic heterocycles. The zero-order valence-electron chi connectivity index (χ0n) is 12.7. The van der Waals surface area contributed by atoms with Crippen LogP contribution in [0.5, 0.6) is 0 Å². The molecule has 0 saturated heterocycles. The maximum atomic E-state index is 12.7. The van der Waals surface area contributed by atoms with E-state index >= 15 is 0 Å². The van der Waals surface area contributed by atoms with Crippen LogP contribution < -0.4 is 11.1 Å². The molecule has 0 fully saturated rings. The lowest BCUT2D eigenvalue weighted by Crippen LogP contribution is -2.48. The molecule has 3 nitrogen and oxygen atoms in total. The van der Waals surface area contributed by atoms with Crippen LogP contribution in [0, 0.1) is 11.2 Å². The molecule has 0 radical (unpaired) electrons. The molecule has 3 N–H and O–H groups in total. The van der Waals surface area contributed by atoms with Gasteiger partial charge in [-0.1, -0.05) is 20.8 Å². The number of carbonyl (C=O) groups excluding carboxylic acids is 1. The summed E-state index contributed by atoms with van der Waals surface area (Å²) in [4.78, 5) is 12.8. The smallest absolute Gasteiger partial charge is 0.237 e. The average Bonchev–Trinajstić information content (AvgIpc) is 2.38. The van der Waals surface area contributed by atoms with Crippen LogP contribution >= 0.6 is 24.2 Å². The first-order chi connectivity index (χ1) is 9.30. The highest BCUT2D eigenvalue weighted by molar-refractivity contribution is 7.99. The normalized spacial score (nSPS) is 12.4. The summed E-state index contributed by atoms with van der Waals surface area (Å²) in [6.07, 6.45) is 0.852. The third kappa shape index (κ3) is 7.69. The number of amides is 1. The first-order valence-electron chi connectivity index (χ1n) is 6.72. The molecular formula is C15H24ClFN2OS. The Kier molecular flexibility index (Phi) is 8.94. The van der Waals surface area contributed by atoms with Gasteiger partial charge >= 0.3 is 0 Å². The van der Waals surface area contributed by atoms with Crippen LogP contribution in [0.15, 0.2) is 29.2 Å². The van der Waals surface area contributed by atoms with Gasteiger partial charge in [0.15, 0.2) is 0 Å². The lowest BCUT2D eigenvalue weighted by Gasteiger charge is -2.25. The monoisotopic (exact) mass is 334 g/mol. The minimum atomic E-state index is -0.493. The van der Waals surface area contributed by atoms with E-state index in [1.54, 1.807) is 23.9 Å². The Balaban J connectivity index is 0.00000400. The Bertz CT molecular complexity index is 434. The molecule has 0 aliphatic rings. The van der Waals surface area contributed by atoms with E-state index in [2.05, 4.69) is 5.32 Å². The van der Waals surface area contributed by atoms with E-state index in [0.29, 0.717) is 6.54 Å². The first-order valence-corrected chi connectivity index (χ1v) is 7.71. The summed E-state index contributed by atoms with van der Waals surface area (Å²) >= 11 is 1.65. The molecule has 1 aromatic rings. The van der Waals surface area contributed by atoms with Gasteiger partial charge in [-0.25, -0.2) is 4.39 Å². The van der Waals surface area contributed by atoms with Crippen molar-refractivity contribution < 1.29 is 9.18 Å². The van der Waals surface area contributed by atoms with Crippen molar-refractivity contribution in [1.29, 1.82) is 0 Å². The van der Waals surface area contributed by atoms with Gasteiger partial charge in [0, 0.05) is 11.4 Å². The number of nitrogens with two attached hydrogens (primary N) is 1. The second-order valence-electron chi connectivity index (χ2n) is 5.79. The van der Waals surface area contributed by atoms with E-state index in [1.165, 1.54) is 12.1 Å².